The fraction of sp³-hybridized carbons (Fsp3) is 0.375. The Hall–Kier alpha value is -1.75. The molecule has 5 heteroatoms. The minimum atomic E-state index is -4.31. The summed E-state index contributed by atoms with van der Waals surface area (Å²) in [7, 11) is 0. The molecular weight excluding hydrogens is 279 g/mol. The SMILES string of the molecule is CCNC(Cc1cccc(C(F)(F)F)c1)c1coc(C)c1. The van der Waals surface area contributed by atoms with Crippen molar-refractivity contribution in [3.8, 4) is 0 Å². The number of alkyl halides is 3. The molecule has 0 fully saturated rings. The Morgan fingerprint density at radius 1 is 1.24 bits per heavy atom. The first-order valence-electron chi connectivity index (χ1n) is 6.84. The van der Waals surface area contributed by atoms with E-state index in [1.807, 2.05) is 19.9 Å². The van der Waals surface area contributed by atoms with Gasteiger partial charge in [0.05, 0.1) is 11.8 Å². The normalized spacial score (nSPS) is 13.4. The lowest BCUT2D eigenvalue weighted by Crippen LogP contribution is -2.22. The first-order valence-corrected chi connectivity index (χ1v) is 6.84. The van der Waals surface area contributed by atoms with Crippen LogP contribution in [0.4, 0.5) is 13.2 Å². The van der Waals surface area contributed by atoms with Gasteiger partial charge in [0, 0.05) is 11.6 Å². The molecule has 0 spiro atoms. The summed E-state index contributed by atoms with van der Waals surface area (Å²) in [6.07, 6.45) is -2.18. The van der Waals surface area contributed by atoms with E-state index < -0.39 is 11.7 Å². The van der Waals surface area contributed by atoms with Crippen LogP contribution < -0.4 is 5.32 Å². The van der Waals surface area contributed by atoms with Gasteiger partial charge in [0.2, 0.25) is 0 Å². The van der Waals surface area contributed by atoms with Gasteiger partial charge in [-0.15, -0.1) is 0 Å². The number of halogens is 3. The van der Waals surface area contributed by atoms with Crippen LogP contribution in [0, 0.1) is 6.92 Å². The van der Waals surface area contributed by atoms with Crippen molar-refractivity contribution >= 4 is 0 Å². The molecule has 0 amide bonds. The molecule has 1 aromatic heterocycles. The lowest BCUT2D eigenvalue weighted by molar-refractivity contribution is -0.137. The van der Waals surface area contributed by atoms with Crippen molar-refractivity contribution in [2.45, 2.75) is 32.5 Å². The van der Waals surface area contributed by atoms with Crippen LogP contribution in [0.3, 0.4) is 0 Å². The summed E-state index contributed by atoms with van der Waals surface area (Å²) in [4.78, 5) is 0. The van der Waals surface area contributed by atoms with E-state index in [4.69, 9.17) is 4.42 Å². The Kier molecular flexibility index (Phi) is 4.73. The summed E-state index contributed by atoms with van der Waals surface area (Å²) >= 11 is 0. The molecule has 1 N–H and O–H groups in total. The van der Waals surface area contributed by atoms with Crippen LogP contribution in [0.1, 0.15) is 35.4 Å². The number of benzene rings is 1. The number of rotatable bonds is 5. The molecule has 1 aromatic carbocycles. The molecule has 0 aliphatic heterocycles. The van der Waals surface area contributed by atoms with Crippen molar-refractivity contribution < 1.29 is 17.6 Å². The molecule has 0 saturated heterocycles. The van der Waals surface area contributed by atoms with Crippen molar-refractivity contribution in [1.82, 2.24) is 5.32 Å². The van der Waals surface area contributed by atoms with Crippen LogP contribution in [-0.2, 0) is 12.6 Å². The zero-order valence-electron chi connectivity index (χ0n) is 12.0. The lowest BCUT2D eigenvalue weighted by Gasteiger charge is -2.17. The number of nitrogens with one attached hydrogen (secondary N) is 1. The second-order valence-corrected chi connectivity index (χ2v) is 5.00. The Morgan fingerprint density at radius 2 is 2.00 bits per heavy atom. The number of likely N-dealkylation sites (N-methyl/N-ethyl adjacent to an activating group) is 1. The first kappa shape index (κ1) is 15.6. The largest absolute Gasteiger partial charge is 0.469 e. The molecule has 0 aliphatic carbocycles. The second-order valence-electron chi connectivity index (χ2n) is 5.00. The summed E-state index contributed by atoms with van der Waals surface area (Å²) in [6.45, 7) is 4.54. The van der Waals surface area contributed by atoms with Crippen molar-refractivity contribution in [2.24, 2.45) is 0 Å². The van der Waals surface area contributed by atoms with Crippen LogP contribution in [0.25, 0.3) is 0 Å². The third kappa shape index (κ3) is 4.11. The molecule has 114 valence electrons. The van der Waals surface area contributed by atoms with Gasteiger partial charge in [0.15, 0.2) is 0 Å². The minimum absolute atomic E-state index is 0.0593. The average molecular weight is 297 g/mol. The molecule has 0 aliphatic rings. The van der Waals surface area contributed by atoms with Gasteiger partial charge in [-0.3, -0.25) is 0 Å². The number of hydrogen-bond donors (Lipinski definition) is 1. The van der Waals surface area contributed by atoms with Crippen LogP contribution in [0.15, 0.2) is 41.0 Å². The molecular formula is C16H18F3NO. The number of hydrogen-bond acceptors (Lipinski definition) is 2. The summed E-state index contributed by atoms with van der Waals surface area (Å²) in [5.41, 5.74) is 0.986. The zero-order chi connectivity index (χ0) is 15.5. The van der Waals surface area contributed by atoms with Gasteiger partial charge in [0.25, 0.3) is 0 Å². The van der Waals surface area contributed by atoms with E-state index in [0.29, 0.717) is 12.0 Å². The zero-order valence-corrected chi connectivity index (χ0v) is 12.0. The molecule has 1 heterocycles. The summed E-state index contributed by atoms with van der Waals surface area (Å²) < 4.78 is 43.5. The summed E-state index contributed by atoms with van der Waals surface area (Å²) in [5, 5.41) is 3.28. The van der Waals surface area contributed by atoms with E-state index in [9.17, 15) is 13.2 Å². The molecule has 21 heavy (non-hydrogen) atoms. The Balaban J connectivity index is 2.21. The van der Waals surface area contributed by atoms with Crippen molar-refractivity contribution in [1.29, 1.82) is 0 Å². The van der Waals surface area contributed by atoms with Gasteiger partial charge < -0.3 is 9.73 Å². The van der Waals surface area contributed by atoms with Gasteiger partial charge in [-0.25, -0.2) is 0 Å². The first-order chi connectivity index (χ1) is 9.90. The number of aryl methyl sites for hydroxylation is 1. The Bertz CT molecular complexity index is 589. The third-order valence-corrected chi connectivity index (χ3v) is 3.30. The van der Waals surface area contributed by atoms with Crippen molar-refractivity contribution in [3.63, 3.8) is 0 Å². The fourth-order valence-corrected chi connectivity index (χ4v) is 2.31. The van der Waals surface area contributed by atoms with Gasteiger partial charge in [-0.05, 0) is 37.6 Å². The molecule has 0 saturated carbocycles. The van der Waals surface area contributed by atoms with E-state index in [1.54, 1.807) is 12.3 Å². The van der Waals surface area contributed by atoms with E-state index in [2.05, 4.69) is 5.32 Å². The van der Waals surface area contributed by atoms with E-state index in [0.717, 1.165) is 23.9 Å². The molecule has 2 nitrogen and oxygen atoms in total. The molecule has 1 unspecified atom stereocenters. The topological polar surface area (TPSA) is 25.2 Å². The monoisotopic (exact) mass is 297 g/mol. The predicted molar refractivity (Wildman–Crippen MR) is 75.0 cm³/mol. The smallest absolute Gasteiger partial charge is 0.416 e. The Labute approximate surface area is 122 Å². The third-order valence-electron chi connectivity index (χ3n) is 3.30. The highest BCUT2D eigenvalue weighted by molar-refractivity contribution is 5.28. The standard InChI is InChI=1S/C16H18F3NO/c1-3-20-15(13-7-11(2)21-10-13)9-12-5-4-6-14(8-12)16(17,18)19/h4-8,10,15,20H,3,9H2,1-2H3. The van der Waals surface area contributed by atoms with Gasteiger partial charge >= 0.3 is 6.18 Å². The van der Waals surface area contributed by atoms with Crippen LogP contribution >= 0.6 is 0 Å². The maximum Gasteiger partial charge on any atom is 0.416 e. The lowest BCUT2D eigenvalue weighted by atomic mass is 9.99. The highest BCUT2D eigenvalue weighted by Gasteiger charge is 2.30. The molecule has 2 rings (SSSR count). The average Bonchev–Trinajstić information content (AvgIpc) is 2.84. The van der Waals surface area contributed by atoms with E-state index in [1.165, 1.54) is 12.1 Å². The van der Waals surface area contributed by atoms with Crippen LogP contribution in [0.2, 0.25) is 0 Å². The van der Waals surface area contributed by atoms with Crippen LogP contribution in [0.5, 0.6) is 0 Å². The van der Waals surface area contributed by atoms with E-state index in [-0.39, 0.29) is 6.04 Å². The highest BCUT2D eigenvalue weighted by atomic mass is 19.4. The highest BCUT2D eigenvalue weighted by Crippen LogP contribution is 2.30. The Morgan fingerprint density at radius 3 is 2.57 bits per heavy atom. The van der Waals surface area contributed by atoms with Gasteiger partial charge in [-0.2, -0.15) is 13.2 Å². The molecule has 0 bridgehead atoms. The summed E-state index contributed by atoms with van der Waals surface area (Å²) in [6, 6.07) is 7.30. The van der Waals surface area contributed by atoms with Gasteiger partial charge in [0.1, 0.15) is 5.76 Å². The minimum Gasteiger partial charge on any atom is -0.469 e. The van der Waals surface area contributed by atoms with Crippen molar-refractivity contribution in [3.05, 3.63) is 59.0 Å². The predicted octanol–water partition coefficient (Wildman–Crippen LogP) is 4.50. The maximum atomic E-state index is 12.7. The maximum absolute atomic E-state index is 12.7. The number of furan rings is 1. The van der Waals surface area contributed by atoms with Crippen molar-refractivity contribution in [2.75, 3.05) is 6.54 Å². The molecule has 2 aromatic rings. The molecule has 1 atom stereocenters. The van der Waals surface area contributed by atoms with Gasteiger partial charge in [-0.1, -0.05) is 25.1 Å². The van der Waals surface area contributed by atoms with Crippen LogP contribution in [-0.4, -0.2) is 6.54 Å². The molecule has 0 radical (unpaired) electrons. The summed E-state index contributed by atoms with van der Waals surface area (Å²) in [5.74, 6) is 0.789. The quantitative estimate of drug-likeness (QED) is 0.879. The fourth-order valence-electron chi connectivity index (χ4n) is 2.31. The van der Waals surface area contributed by atoms with E-state index >= 15 is 0 Å². The second kappa shape index (κ2) is 6.35.